The Kier molecular flexibility index (Phi) is 7.66. The number of halogens is 2. The van der Waals surface area contributed by atoms with Crippen LogP contribution in [0.4, 0.5) is 13.6 Å². The van der Waals surface area contributed by atoms with Gasteiger partial charge in [-0.25, -0.2) is 9.78 Å². The zero-order chi connectivity index (χ0) is 21.6. The number of aromatic nitrogens is 3. The Morgan fingerprint density at radius 2 is 2.03 bits per heavy atom. The van der Waals surface area contributed by atoms with Gasteiger partial charge in [-0.2, -0.15) is 8.78 Å². The number of nitrogens with one attached hydrogen (secondary N) is 2. The Morgan fingerprint density at radius 3 is 2.66 bits per heavy atom. The van der Waals surface area contributed by atoms with Crippen molar-refractivity contribution >= 4 is 6.09 Å². The predicted molar refractivity (Wildman–Crippen MR) is 106 cm³/mol. The van der Waals surface area contributed by atoms with E-state index in [4.69, 9.17) is 4.74 Å². The summed E-state index contributed by atoms with van der Waals surface area (Å²) in [4.78, 5) is 20.3. The fourth-order valence-corrected chi connectivity index (χ4v) is 2.88. The van der Waals surface area contributed by atoms with E-state index in [0.29, 0.717) is 18.8 Å². The fraction of sp³-hybridized carbons (Fsp3) is 0.550. The van der Waals surface area contributed by atoms with E-state index in [1.165, 1.54) is 12.4 Å². The van der Waals surface area contributed by atoms with Crippen molar-refractivity contribution in [1.29, 1.82) is 0 Å². The first-order valence-corrected chi connectivity index (χ1v) is 9.53. The number of carbonyl (C=O) groups excluding carboxylic acids is 1. The third-order valence-corrected chi connectivity index (χ3v) is 4.22. The second kappa shape index (κ2) is 9.78. The van der Waals surface area contributed by atoms with Gasteiger partial charge in [-0.15, -0.1) is 0 Å². The van der Waals surface area contributed by atoms with Crippen molar-refractivity contribution in [1.82, 2.24) is 25.2 Å². The van der Waals surface area contributed by atoms with Crippen molar-refractivity contribution in [3.8, 4) is 0 Å². The highest BCUT2D eigenvalue weighted by Crippen LogP contribution is 2.17. The van der Waals surface area contributed by atoms with Gasteiger partial charge in [-0.05, 0) is 46.2 Å². The molecule has 0 fully saturated rings. The lowest BCUT2D eigenvalue weighted by molar-refractivity contribution is 0.0522. The SMILES string of the molecule is Cc1nc(CNC(=O)OC(C)(C)C)ccc1C(C)NCCc1nccn1C(F)F. The largest absolute Gasteiger partial charge is 0.444 e. The quantitative estimate of drug-likeness (QED) is 0.691. The summed E-state index contributed by atoms with van der Waals surface area (Å²) in [5, 5.41) is 6.00. The lowest BCUT2D eigenvalue weighted by Gasteiger charge is -2.20. The minimum Gasteiger partial charge on any atom is -0.444 e. The highest BCUT2D eigenvalue weighted by Gasteiger charge is 2.16. The molecule has 2 aromatic rings. The molecule has 2 aromatic heterocycles. The van der Waals surface area contributed by atoms with Gasteiger partial charge in [0.15, 0.2) is 0 Å². The minimum atomic E-state index is -2.58. The van der Waals surface area contributed by atoms with E-state index < -0.39 is 18.2 Å². The zero-order valence-corrected chi connectivity index (χ0v) is 17.5. The summed E-state index contributed by atoms with van der Waals surface area (Å²) < 4.78 is 31.8. The van der Waals surface area contributed by atoms with Gasteiger partial charge in [0.05, 0.1) is 12.2 Å². The van der Waals surface area contributed by atoms with E-state index >= 15 is 0 Å². The number of hydrogen-bond acceptors (Lipinski definition) is 5. The van der Waals surface area contributed by atoms with E-state index in [-0.39, 0.29) is 12.6 Å². The van der Waals surface area contributed by atoms with Crippen molar-refractivity contribution < 1.29 is 18.3 Å². The smallest absolute Gasteiger partial charge is 0.407 e. The second-order valence-corrected chi connectivity index (χ2v) is 7.79. The Balaban J connectivity index is 1.87. The maximum atomic E-state index is 12.9. The van der Waals surface area contributed by atoms with Crippen LogP contribution in [-0.4, -0.2) is 32.8 Å². The number of amides is 1. The summed E-state index contributed by atoms with van der Waals surface area (Å²) in [6.07, 6.45) is 2.56. The van der Waals surface area contributed by atoms with E-state index in [1.54, 1.807) is 20.8 Å². The average Bonchev–Trinajstić information content (AvgIpc) is 3.07. The molecule has 0 radical (unpaired) electrons. The number of pyridine rings is 1. The molecule has 1 amide bonds. The fourth-order valence-electron chi connectivity index (χ4n) is 2.88. The van der Waals surface area contributed by atoms with Crippen molar-refractivity contribution in [2.24, 2.45) is 0 Å². The van der Waals surface area contributed by atoms with Crippen LogP contribution in [0.2, 0.25) is 0 Å². The van der Waals surface area contributed by atoms with Crippen molar-refractivity contribution in [3.05, 3.63) is 47.3 Å². The summed E-state index contributed by atoms with van der Waals surface area (Å²) >= 11 is 0. The van der Waals surface area contributed by atoms with Gasteiger partial charge in [-0.3, -0.25) is 9.55 Å². The highest BCUT2D eigenvalue weighted by atomic mass is 19.3. The summed E-state index contributed by atoms with van der Waals surface area (Å²) in [7, 11) is 0. The van der Waals surface area contributed by atoms with Gasteiger partial charge in [0.1, 0.15) is 11.4 Å². The maximum absolute atomic E-state index is 12.9. The lowest BCUT2D eigenvalue weighted by Crippen LogP contribution is -2.32. The lowest BCUT2D eigenvalue weighted by atomic mass is 10.1. The van der Waals surface area contributed by atoms with E-state index in [1.807, 2.05) is 26.0 Å². The molecule has 0 aliphatic rings. The maximum Gasteiger partial charge on any atom is 0.407 e. The molecule has 160 valence electrons. The number of alkyl carbamates (subject to hydrolysis) is 1. The van der Waals surface area contributed by atoms with Crippen LogP contribution < -0.4 is 10.6 Å². The molecule has 0 saturated carbocycles. The van der Waals surface area contributed by atoms with Crippen LogP contribution in [0.1, 0.15) is 63.1 Å². The molecule has 1 unspecified atom stereocenters. The number of alkyl halides is 2. The average molecular weight is 409 g/mol. The third kappa shape index (κ3) is 7.08. The Morgan fingerprint density at radius 1 is 1.31 bits per heavy atom. The molecular formula is C20H29F2N5O2. The molecule has 7 nitrogen and oxygen atoms in total. The third-order valence-electron chi connectivity index (χ3n) is 4.22. The van der Waals surface area contributed by atoms with Crippen LogP contribution in [-0.2, 0) is 17.7 Å². The molecule has 2 rings (SSSR count). The molecule has 0 aliphatic heterocycles. The van der Waals surface area contributed by atoms with Crippen molar-refractivity contribution in [3.63, 3.8) is 0 Å². The molecule has 0 spiro atoms. The normalized spacial score (nSPS) is 12.8. The Bertz CT molecular complexity index is 817. The van der Waals surface area contributed by atoms with E-state index in [0.717, 1.165) is 21.5 Å². The molecule has 2 N–H and O–H groups in total. The van der Waals surface area contributed by atoms with Crippen molar-refractivity contribution in [2.75, 3.05) is 6.54 Å². The summed E-state index contributed by atoms with van der Waals surface area (Å²) in [6, 6.07) is 3.79. The van der Waals surface area contributed by atoms with Gasteiger partial charge in [0.25, 0.3) is 0 Å². The topological polar surface area (TPSA) is 81.1 Å². The zero-order valence-electron chi connectivity index (χ0n) is 17.5. The van der Waals surface area contributed by atoms with Crippen LogP contribution in [0.15, 0.2) is 24.5 Å². The molecule has 29 heavy (non-hydrogen) atoms. The molecule has 1 atom stereocenters. The van der Waals surface area contributed by atoms with Crippen LogP contribution >= 0.6 is 0 Å². The first-order valence-electron chi connectivity index (χ1n) is 9.53. The molecule has 9 heteroatoms. The molecule has 2 heterocycles. The van der Waals surface area contributed by atoms with E-state index in [2.05, 4.69) is 20.6 Å². The molecule has 0 saturated heterocycles. The first kappa shape index (κ1) is 22.7. The van der Waals surface area contributed by atoms with Crippen LogP contribution in [0.25, 0.3) is 0 Å². The van der Waals surface area contributed by atoms with Crippen molar-refractivity contribution in [2.45, 2.75) is 65.8 Å². The molecular weight excluding hydrogens is 380 g/mol. The first-order chi connectivity index (χ1) is 13.6. The van der Waals surface area contributed by atoms with Gasteiger partial charge >= 0.3 is 12.6 Å². The number of rotatable bonds is 8. The van der Waals surface area contributed by atoms with Gasteiger partial charge in [-0.1, -0.05) is 6.07 Å². The van der Waals surface area contributed by atoms with Gasteiger partial charge in [0, 0.05) is 37.1 Å². The molecule has 0 aromatic carbocycles. The number of nitrogens with zero attached hydrogens (tertiary/aromatic N) is 3. The summed E-state index contributed by atoms with van der Waals surface area (Å²) in [6.45, 7) is 7.49. The molecule has 0 bridgehead atoms. The van der Waals surface area contributed by atoms with Crippen LogP contribution in [0.3, 0.4) is 0 Å². The summed E-state index contributed by atoms with van der Waals surface area (Å²) in [5.74, 6) is 0.345. The number of carbonyl (C=O) groups is 1. The van der Waals surface area contributed by atoms with Gasteiger partial charge in [0.2, 0.25) is 0 Å². The van der Waals surface area contributed by atoms with E-state index in [9.17, 15) is 13.6 Å². The number of imidazole rings is 1. The van der Waals surface area contributed by atoms with Gasteiger partial charge < -0.3 is 15.4 Å². The highest BCUT2D eigenvalue weighted by molar-refractivity contribution is 5.67. The molecule has 0 aliphatic carbocycles. The minimum absolute atomic E-state index is 0.00896. The predicted octanol–water partition coefficient (Wildman–Crippen LogP) is 3.90. The number of aryl methyl sites for hydroxylation is 1. The van der Waals surface area contributed by atoms with Crippen LogP contribution in [0.5, 0.6) is 0 Å². The Labute approximate surface area is 169 Å². The van der Waals surface area contributed by atoms with Crippen LogP contribution in [0, 0.1) is 6.92 Å². The summed E-state index contributed by atoms with van der Waals surface area (Å²) in [5.41, 5.74) is 2.01. The Hall–Kier alpha value is -2.55. The monoisotopic (exact) mass is 409 g/mol. The number of ether oxygens (including phenoxy) is 1. The second-order valence-electron chi connectivity index (χ2n) is 7.79. The standard InChI is InChI=1S/C20H29F2N5O2/c1-13(23-9-8-17-24-10-11-27(17)18(21)22)16-7-6-15(26-14(16)2)12-25-19(28)29-20(3,4)5/h6-7,10-11,13,18,23H,8-9,12H2,1-5H3,(H,25,28). The number of hydrogen-bond donors (Lipinski definition) is 2.